The molecule has 0 bridgehead atoms. The van der Waals surface area contributed by atoms with Gasteiger partial charge in [-0.3, -0.25) is 10.1 Å². The molecule has 0 amide bonds. The number of rotatable bonds is 8. The van der Waals surface area contributed by atoms with Gasteiger partial charge in [0, 0.05) is 24.2 Å². The van der Waals surface area contributed by atoms with Crippen LogP contribution in [0.15, 0.2) is 18.2 Å². The van der Waals surface area contributed by atoms with E-state index in [0.29, 0.717) is 12.3 Å². The Morgan fingerprint density at radius 3 is 2.89 bits per heavy atom. The van der Waals surface area contributed by atoms with Crippen LogP contribution < -0.4 is 10.1 Å². The van der Waals surface area contributed by atoms with Gasteiger partial charge in [0.1, 0.15) is 12.4 Å². The van der Waals surface area contributed by atoms with Gasteiger partial charge in [0.15, 0.2) is 0 Å². The highest BCUT2D eigenvalue weighted by Crippen LogP contribution is 2.24. The first-order chi connectivity index (χ1) is 8.69. The highest BCUT2D eigenvalue weighted by Gasteiger charge is 2.11. The number of hydrogen-bond acceptors (Lipinski definition) is 5. The highest BCUT2D eigenvalue weighted by atomic mass is 16.6. The summed E-state index contributed by atoms with van der Waals surface area (Å²) in [6, 6.07) is 4.46. The van der Waals surface area contributed by atoms with Crippen LogP contribution in [0.3, 0.4) is 0 Å². The Morgan fingerprint density at radius 2 is 2.28 bits per heavy atom. The molecule has 0 radical (unpaired) electrons. The second-order valence-corrected chi connectivity index (χ2v) is 3.80. The lowest BCUT2D eigenvalue weighted by atomic mass is 10.1. The van der Waals surface area contributed by atoms with Gasteiger partial charge >= 0.3 is 0 Å². The van der Waals surface area contributed by atoms with Crippen LogP contribution in [-0.4, -0.2) is 29.8 Å². The number of nitrogens with one attached hydrogen (secondary N) is 1. The fraction of sp³-hybridized carbons (Fsp3) is 0.500. The molecular formula is C12H18N2O4. The monoisotopic (exact) mass is 254 g/mol. The maximum atomic E-state index is 10.7. The van der Waals surface area contributed by atoms with Gasteiger partial charge in [0.05, 0.1) is 11.5 Å². The van der Waals surface area contributed by atoms with Crippen LogP contribution in [0.1, 0.15) is 18.9 Å². The van der Waals surface area contributed by atoms with Crippen molar-refractivity contribution in [3.63, 3.8) is 0 Å². The Labute approximate surface area is 106 Å². The molecule has 0 saturated heterocycles. The van der Waals surface area contributed by atoms with Crippen LogP contribution in [0.25, 0.3) is 0 Å². The van der Waals surface area contributed by atoms with Crippen molar-refractivity contribution in [1.82, 2.24) is 5.32 Å². The minimum absolute atomic E-state index is 0.0413. The third-order valence-electron chi connectivity index (χ3n) is 2.35. The minimum Gasteiger partial charge on any atom is -0.491 e. The number of ether oxygens (including phenoxy) is 1. The first-order valence-electron chi connectivity index (χ1n) is 5.90. The largest absolute Gasteiger partial charge is 0.491 e. The topological polar surface area (TPSA) is 84.6 Å². The zero-order chi connectivity index (χ0) is 13.4. The van der Waals surface area contributed by atoms with E-state index in [9.17, 15) is 10.1 Å². The van der Waals surface area contributed by atoms with Gasteiger partial charge in [-0.2, -0.15) is 0 Å². The van der Waals surface area contributed by atoms with Crippen molar-refractivity contribution < 1.29 is 14.8 Å². The quantitative estimate of drug-likeness (QED) is 0.417. The third-order valence-corrected chi connectivity index (χ3v) is 2.35. The Kier molecular flexibility index (Phi) is 6.10. The second-order valence-electron chi connectivity index (χ2n) is 3.80. The number of nitro groups is 1. The lowest BCUT2D eigenvalue weighted by Gasteiger charge is -2.11. The van der Waals surface area contributed by atoms with Crippen molar-refractivity contribution in [2.24, 2.45) is 0 Å². The molecule has 0 fully saturated rings. The maximum Gasteiger partial charge on any atom is 0.270 e. The van der Waals surface area contributed by atoms with E-state index in [2.05, 4.69) is 5.32 Å². The molecule has 0 atom stereocenters. The molecule has 0 heterocycles. The van der Waals surface area contributed by atoms with Crippen molar-refractivity contribution >= 4 is 5.69 Å². The number of nitro benzene ring substituents is 1. The summed E-state index contributed by atoms with van der Waals surface area (Å²) in [5, 5.41) is 22.6. The normalized spacial score (nSPS) is 10.3. The molecule has 1 aromatic rings. The van der Waals surface area contributed by atoms with Gasteiger partial charge < -0.3 is 15.2 Å². The standard InChI is InChI=1S/C12H18N2O4/c1-2-5-13-9-10-8-11(14(16)17)3-4-12(10)18-7-6-15/h3-4,8,13,15H,2,5-7,9H2,1H3. The minimum atomic E-state index is -0.431. The molecule has 2 N–H and O–H groups in total. The molecule has 18 heavy (non-hydrogen) atoms. The smallest absolute Gasteiger partial charge is 0.270 e. The predicted octanol–water partition coefficient (Wildman–Crippen LogP) is 1.47. The summed E-state index contributed by atoms with van der Waals surface area (Å²) < 4.78 is 5.34. The van der Waals surface area contributed by atoms with E-state index in [4.69, 9.17) is 9.84 Å². The van der Waals surface area contributed by atoms with E-state index in [-0.39, 0.29) is 18.9 Å². The lowest BCUT2D eigenvalue weighted by Crippen LogP contribution is -2.15. The molecule has 0 aliphatic carbocycles. The molecule has 0 spiro atoms. The number of benzene rings is 1. The third kappa shape index (κ3) is 4.31. The molecule has 6 nitrogen and oxygen atoms in total. The van der Waals surface area contributed by atoms with Crippen LogP contribution in [0.5, 0.6) is 5.75 Å². The van der Waals surface area contributed by atoms with Gasteiger partial charge in [-0.1, -0.05) is 6.92 Å². The molecule has 0 aromatic heterocycles. The average Bonchev–Trinajstić information content (AvgIpc) is 2.37. The molecule has 0 saturated carbocycles. The zero-order valence-corrected chi connectivity index (χ0v) is 10.4. The summed E-state index contributed by atoms with van der Waals surface area (Å²) in [5.41, 5.74) is 0.769. The molecule has 1 aromatic carbocycles. The van der Waals surface area contributed by atoms with Gasteiger partial charge in [-0.05, 0) is 19.0 Å². The van der Waals surface area contributed by atoms with Crippen LogP contribution in [0, 0.1) is 10.1 Å². The van der Waals surface area contributed by atoms with Crippen LogP contribution in [0.2, 0.25) is 0 Å². The summed E-state index contributed by atoms with van der Waals surface area (Å²) >= 11 is 0. The van der Waals surface area contributed by atoms with E-state index in [0.717, 1.165) is 18.5 Å². The number of hydrogen-bond donors (Lipinski definition) is 2. The zero-order valence-electron chi connectivity index (χ0n) is 10.4. The Balaban J connectivity index is 2.83. The fourth-order valence-electron chi connectivity index (χ4n) is 1.51. The van der Waals surface area contributed by atoms with Crippen molar-refractivity contribution in [2.75, 3.05) is 19.8 Å². The van der Waals surface area contributed by atoms with Gasteiger partial charge in [-0.15, -0.1) is 0 Å². The lowest BCUT2D eigenvalue weighted by molar-refractivity contribution is -0.384. The summed E-state index contributed by atoms with van der Waals surface area (Å²) in [7, 11) is 0. The first-order valence-corrected chi connectivity index (χ1v) is 5.90. The average molecular weight is 254 g/mol. The molecule has 1 rings (SSSR count). The summed E-state index contributed by atoms with van der Waals surface area (Å²) in [4.78, 5) is 10.3. The Hall–Kier alpha value is -1.66. The van der Waals surface area contributed by atoms with Crippen LogP contribution in [-0.2, 0) is 6.54 Å². The fourth-order valence-corrected chi connectivity index (χ4v) is 1.51. The van der Waals surface area contributed by atoms with Crippen molar-refractivity contribution in [3.05, 3.63) is 33.9 Å². The summed E-state index contributed by atoms with van der Waals surface area (Å²) in [6.07, 6.45) is 0.988. The van der Waals surface area contributed by atoms with Crippen molar-refractivity contribution in [2.45, 2.75) is 19.9 Å². The molecule has 100 valence electrons. The highest BCUT2D eigenvalue weighted by molar-refractivity contribution is 5.43. The molecule has 0 unspecified atom stereocenters. The Bertz CT molecular complexity index is 396. The van der Waals surface area contributed by atoms with E-state index in [1.165, 1.54) is 12.1 Å². The van der Waals surface area contributed by atoms with Crippen molar-refractivity contribution in [1.29, 1.82) is 0 Å². The summed E-state index contributed by atoms with van der Waals surface area (Å²) in [5.74, 6) is 0.568. The number of aliphatic hydroxyl groups excluding tert-OH is 1. The number of aliphatic hydroxyl groups is 1. The number of nitrogens with zero attached hydrogens (tertiary/aromatic N) is 1. The van der Waals surface area contributed by atoms with Crippen molar-refractivity contribution in [3.8, 4) is 5.75 Å². The van der Waals surface area contributed by atoms with Crippen LogP contribution >= 0.6 is 0 Å². The SMILES string of the molecule is CCCNCc1cc([N+](=O)[O-])ccc1OCCO. The van der Waals surface area contributed by atoms with Gasteiger partial charge in [0.25, 0.3) is 5.69 Å². The predicted molar refractivity (Wildman–Crippen MR) is 67.7 cm³/mol. The molecule has 0 aliphatic heterocycles. The number of non-ortho nitro benzene ring substituents is 1. The van der Waals surface area contributed by atoms with Crippen LogP contribution in [0.4, 0.5) is 5.69 Å². The van der Waals surface area contributed by atoms with Gasteiger partial charge in [0.2, 0.25) is 0 Å². The second kappa shape index (κ2) is 7.62. The van der Waals surface area contributed by atoms with Gasteiger partial charge in [-0.25, -0.2) is 0 Å². The molecule has 6 heteroatoms. The van der Waals surface area contributed by atoms with E-state index < -0.39 is 4.92 Å². The van der Waals surface area contributed by atoms with E-state index in [1.54, 1.807) is 6.07 Å². The first kappa shape index (κ1) is 14.4. The van der Waals surface area contributed by atoms with E-state index in [1.807, 2.05) is 6.92 Å². The molecular weight excluding hydrogens is 236 g/mol. The van der Waals surface area contributed by atoms with E-state index >= 15 is 0 Å². The summed E-state index contributed by atoms with van der Waals surface area (Å²) in [6.45, 7) is 3.49. The Morgan fingerprint density at radius 1 is 1.50 bits per heavy atom. The maximum absolute atomic E-state index is 10.7. The molecule has 0 aliphatic rings.